The highest BCUT2D eigenvalue weighted by molar-refractivity contribution is 5.39. The molecular formula is C17H25NO2. The molecule has 0 amide bonds. The van der Waals surface area contributed by atoms with Gasteiger partial charge in [-0.25, -0.2) is 0 Å². The Morgan fingerprint density at radius 2 is 1.90 bits per heavy atom. The van der Waals surface area contributed by atoms with E-state index < -0.39 is 0 Å². The van der Waals surface area contributed by atoms with Crippen LogP contribution in [0.15, 0.2) is 18.2 Å². The third-order valence-corrected chi connectivity index (χ3v) is 4.68. The smallest absolute Gasteiger partial charge is 0.124 e. The lowest BCUT2D eigenvalue weighted by molar-refractivity contribution is 0.0319. The zero-order chi connectivity index (χ0) is 13.9. The Hall–Kier alpha value is -1.06. The number of nitrogens with two attached hydrogens (primary N) is 1. The van der Waals surface area contributed by atoms with Gasteiger partial charge in [0, 0.05) is 6.04 Å². The highest BCUT2D eigenvalue weighted by Gasteiger charge is 2.24. The van der Waals surface area contributed by atoms with Crippen LogP contribution in [0, 0.1) is 0 Å². The summed E-state index contributed by atoms with van der Waals surface area (Å²) in [6.07, 6.45) is 8.22. The third-order valence-electron chi connectivity index (χ3n) is 4.68. The average molecular weight is 275 g/mol. The highest BCUT2D eigenvalue weighted by atomic mass is 16.5. The molecule has 1 fully saturated rings. The van der Waals surface area contributed by atoms with E-state index in [0.29, 0.717) is 0 Å². The first kappa shape index (κ1) is 13.9. The summed E-state index contributed by atoms with van der Waals surface area (Å²) in [5, 5.41) is 10.2. The Balaban J connectivity index is 1.75. The topological polar surface area (TPSA) is 55.5 Å². The fourth-order valence-electron chi connectivity index (χ4n) is 3.45. The fourth-order valence-corrected chi connectivity index (χ4v) is 3.45. The van der Waals surface area contributed by atoms with Crippen molar-refractivity contribution in [3.63, 3.8) is 0 Å². The van der Waals surface area contributed by atoms with Gasteiger partial charge in [-0.3, -0.25) is 0 Å². The van der Waals surface area contributed by atoms with E-state index >= 15 is 0 Å². The van der Waals surface area contributed by atoms with Crippen molar-refractivity contribution in [1.82, 2.24) is 0 Å². The second kappa shape index (κ2) is 6.15. The van der Waals surface area contributed by atoms with E-state index in [2.05, 4.69) is 12.1 Å². The second-order valence-electron chi connectivity index (χ2n) is 6.22. The number of fused-ring (bicyclic) bond motifs is 1. The maximum absolute atomic E-state index is 10.2. The molecule has 0 aliphatic heterocycles. The number of hydrogen-bond acceptors (Lipinski definition) is 3. The minimum absolute atomic E-state index is 0.0598. The predicted molar refractivity (Wildman–Crippen MR) is 79.8 cm³/mol. The molecule has 20 heavy (non-hydrogen) atoms. The average Bonchev–Trinajstić information content (AvgIpc) is 2.65. The van der Waals surface area contributed by atoms with Crippen molar-refractivity contribution in [2.45, 2.75) is 69.6 Å². The first-order valence-corrected chi connectivity index (χ1v) is 7.97. The molecule has 110 valence electrons. The maximum atomic E-state index is 10.2. The number of aryl methyl sites for hydroxylation is 1. The molecular weight excluding hydrogens is 250 g/mol. The van der Waals surface area contributed by atoms with E-state index in [-0.39, 0.29) is 18.2 Å². The van der Waals surface area contributed by atoms with Crippen LogP contribution in [0.5, 0.6) is 5.75 Å². The van der Waals surface area contributed by atoms with Gasteiger partial charge in [0.05, 0.1) is 6.10 Å². The van der Waals surface area contributed by atoms with E-state index in [4.69, 9.17) is 10.5 Å². The van der Waals surface area contributed by atoms with Crippen molar-refractivity contribution in [2.24, 2.45) is 5.73 Å². The van der Waals surface area contributed by atoms with E-state index in [0.717, 1.165) is 44.3 Å². The van der Waals surface area contributed by atoms with Crippen molar-refractivity contribution in [1.29, 1.82) is 0 Å². The second-order valence-corrected chi connectivity index (χ2v) is 6.22. The van der Waals surface area contributed by atoms with Crippen molar-refractivity contribution in [2.75, 3.05) is 0 Å². The van der Waals surface area contributed by atoms with E-state index in [1.165, 1.54) is 24.0 Å². The van der Waals surface area contributed by atoms with Crippen LogP contribution in [0.3, 0.4) is 0 Å². The quantitative estimate of drug-likeness (QED) is 0.815. The third kappa shape index (κ3) is 2.99. The molecule has 3 N–H and O–H groups in total. The number of ether oxygens (including phenoxy) is 1. The fraction of sp³-hybridized carbons (Fsp3) is 0.647. The van der Waals surface area contributed by atoms with Crippen LogP contribution < -0.4 is 10.5 Å². The van der Waals surface area contributed by atoms with Crippen molar-refractivity contribution < 1.29 is 9.84 Å². The van der Waals surface area contributed by atoms with Crippen molar-refractivity contribution in [3.8, 4) is 5.75 Å². The number of hydrogen-bond donors (Lipinski definition) is 2. The summed E-state index contributed by atoms with van der Waals surface area (Å²) in [6, 6.07) is 6.42. The number of aliphatic hydroxyl groups excluding tert-OH is 1. The molecule has 3 nitrogen and oxygen atoms in total. The molecule has 1 aromatic carbocycles. The zero-order valence-electron chi connectivity index (χ0n) is 12.1. The monoisotopic (exact) mass is 275 g/mol. The van der Waals surface area contributed by atoms with Gasteiger partial charge in [-0.15, -0.1) is 0 Å². The minimum atomic E-state index is -0.331. The summed E-state index contributed by atoms with van der Waals surface area (Å²) in [5.74, 6) is 0.868. The predicted octanol–water partition coefficient (Wildman–Crippen LogP) is 3.10. The van der Waals surface area contributed by atoms with Gasteiger partial charge in [0.2, 0.25) is 0 Å². The minimum Gasteiger partial charge on any atom is -0.488 e. The Kier molecular flexibility index (Phi) is 4.27. The zero-order valence-corrected chi connectivity index (χ0v) is 12.1. The van der Waals surface area contributed by atoms with Crippen LogP contribution in [0.1, 0.15) is 62.1 Å². The SMILES string of the molecule is NC1CCCc2ccc(OC3CCCCCC3O)cc21. The molecule has 2 aliphatic rings. The molecule has 2 aliphatic carbocycles. The Morgan fingerprint density at radius 3 is 2.80 bits per heavy atom. The van der Waals surface area contributed by atoms with Crippen LogP contribution in [0.25, 0.3) is 0 Å². The van der Waals surface area contributed by atoms with Crippen LogP contribution >= 0.6 is 0 Å². The Morgan fingerprint density at radius 1 is 1.05 bits per heavy atom. The lowest BCUT2D eigenvalue weighted by Crippen LogP contribution is -2.30. The summed E-state index contributed by atoms with van der Waals surface area (Å²) in [4.78, 5) is 0. The Bertz CT molecular complexity index is 460. The lowest BCUT2D eigenvalue weighted by atomic mass is 9.88. The molecule has 0 radical (unpaired) electrons. The van der Waals surface area contributed by atoms with Gasteiger partial charge < -0.3 is 15.6 Å². The molecule has 0 aromatic heterocycles. The Labute approximate surface area is 121 Å². The van der Waals surface area contributed by atoms with Crippen molar-refractivity contribution >= 4 is 0 Å². The summed E-state index contributed by atoms with van der Waals surface area (Å²) in [7, 11) is 0. The summed E-state index contributed by atoms with van der Waals surface area (Å²) >= 11 is 0. The normalized spacial score (nSPS) is 30.4. The number of benzene rings is 1. The number of aliphatic hydroxyl groups is 1. The van der Waals surface area contributed by atoms with Gasteiger partial charge >= 0.3 is 0 Å². The van der Waals surface area contributed by atoms with Crippen LogP contribution in [0.4, 0.5) is 0 Å². The van der Waals surface area contributed by atoms with Gasteiger partial charge in [-0.1, -0.05) is 18.9 Å². The lowest BCUT2D eigenvalue weighted by Gasteiger charge is -2.25. The molecule has 0 saturated heterocycles. The standard InChI is InChI=1S/C17H25NO2/c18-15-6-4-5-12-9-10-13(11-14(12)15)20-17-8-3-1-2-7-16(17)19/h9-11,15-17,19H,1-8,18H2. The van der Waals surface area contributed by atoms with E-state index in [1.807, 2.05) is 6.07 Å². The molecule has 3 unspecified atom stereocenters. The molecule has 3 atom stereocenters. The molecule has 1 aromatic rings. The van der Waals surface area contributed by atoms with Crippen molar-refractivity contribution in [3.05, 3.63) is 29.3 Å². The van der Waals surface area contributed by atoms with Gasteiger partial charge in [-0.05, 0) is 61.8 Å². The van der Waals surface area contributed by atoms with Crippen LogP contribution in [-0.2, 0) is 6.42 Å². The molecule has 3 heteroatoms. The first-order chi connectivity index (χ1) is 9.74. The van der Waals surface area contributed by atoms with Gasteiger partial charge in [-0.2, -0.15) is 0 Å². The molecule has 3 rings (SSSR count). The van der Waals surface area contributed by atoms with E-state index in [9.17, 15) is 5.11 Å². The van der Waals surface area contributed by atoms with Gasteiger partial charge in [0.25, 0.3) is 0 Å². The number of rotatable bonds is 2. The van der Waals surface area contributed by atoms with E-state index in [1.54, 1.807) is 0 Å². The molecule has 1 saturated carbocycles. The summed E-state index contributed by atoms with van der Waals surface area (Å²) in [5.41, 5.74) is 8.79. The molecule has 0 heterocycles. The highest BCUT2D eigenvalue weighted by Crippen LogP contribution is 2.32. The van der Waals surface area contributed by atoms with Gasteiger partial charge in [0.15, 0.2) is 0 Å². The van der Waals surface area contributed by atoms with Crippen LogP contribution in [0.2, 0.25) is 0 Å². The van der Waals surface area contributed by atoms with Crippen LogP contribution in [-0.4, -0.2) is 17.3 Å². The molecule has 0 spiro atoms. The van der Waals surface area contributed by atoms with Gasteiger partial charge in [0.1, 0.15) is 11.9 Å². The largest absolute Gasteiger partial charge is 0.488 e. The summed E-state index contributed by atoms with van der Waals surface area (Å²) < 4.78 is 6.06. The first-order valence-electron chi connectivity index (χ1n) is 7.97. The summed E-state index contributed by atoms with van der Waals surface area (Å²) in [6.45, 7) is 0. The molecule has 0 bridgehead atoms. The maximum Gasteiger partial charge on any atom is 0.124 e.